The van der Waals surface area contributed by atoms with Crippen molar-refractivity contribution < 1.29 is 22.0 Å². The quantitative estimate of drug-likeness (QED) is 0.803. The van der Waals surface area contributed by atoms with Crippen LogP contribution in [0.3, 0.4) is 0 Å². The highest BCUT2D eigenvalue weighted by Crippen LogP contribution is 2.20. The Morgan fingerprint density at radius 3 is 2.34 bits per heavy atom. The Morgan fingerprint density at radius 1 is 1.00 bits per heavy atom. The van der Waals surface area contributed by atoms with Crippen molar-refractivity contribution in [2.75, 3.05) is 38.0 Å². The van der Waals surface area contributed by atoms with Gasteiger partial charge in [-0.1, -0.05) is 12.1 Å². The number of aryl methyl sites for hydroxylation is 2. The van der Waals surface area contributed by atoms with Gasteiger partial charge in [-0.2, -0.15) is 4.31 Å². The Hall–Kier alpha value is -2.36. The normalized spacial score (nSPS) is 16.0. The van der Waals surface area contributed by atoms with Crippen LogP contribution in [0.25, 0.3) is 0 Å². The maximum absolute atomic E-state index is 13.4. The van der Waals surface area contributed by atoms with Gasteiger partial charge in [0.2, 0.25) is 15.9 Å². The van der Waals surface area contributed by atoms with Crippen molar-refractivity contribution in [3.63, 3.8) is 0 Å². The SMILES string of the molecule is Cc1ccc(C)c(NC(=O)CN2CCN(S(=O)(=O)c3ccc(F)c(F)c3)CC2)c1. The van der Waals surface area contributed by atoms with E-state index in [4.69, 9.17) is 0 Å². The van der Waals surface area contributed by atoms with E-state index in [1.54, 1.807) is 0 Å². The Bertz CT molecular complexity index is 1020. The second-order valence-corrected chi connectivity index (χ2v) is 9.06. The van der Waals surface area contributed by atoms with Gasteiger partial charge in [-0.25, -0.2) is 17.2 Å². The van der Waals surface area contributed by atoms with Crippen molar-refractivity contribution in [3.05, 3.63) is 59.2 Å². The lowest BCUT2D eigenvalue weighted by atomic mass is 10.1. The number of amides is 1. The van der Waals surface area contributed by atoms with E-state index in [1.165, 1.54) is 4.31 Å². The molecule has 1 saturated heterocycles. The Balaban J connectivity index is 1.58. The smallest absolute Gasteiger partial charge is 0.243 e. The van der Waals surface area contributed by atoms with Crippen molar-refractivity contribution in [2.24, 2.45) is 0 Å². The Morgan fingerprint density at radius 2 is 1.69 bits per heavy atom. The number of hydrogen-bond donors (Lipinski definition) is 1. The number of halogens is 2. The molecule has 29 heavy (non-hydrogen) atoms. The third-order valence-corrected chi connectivity index (χ3v) is 6.79. The maximum atomic E-state index is 13.4. The lowest BCUT2D eigenvalue weighted by molar-refractivity contribution is -0.117. The molecule has 9 heteroatoms. The van der Waals surface area contributed by atoms with E-state index in [-0.39, 0.29) is 30.4 Å². The molecule has 0 spiro atoms. The first kappa shape index (κ1) is 21.4. The molecule has 0 atom stereocenters. The third kappa shape index (κ3) is 4.98. The van der Waals surface area contributed by atoms with Crippen LogP contribution in [0.2, 0.25) is 0 Å². The van der Waals surface area contributed by atoms with E-state index in [2.05, 4.69) is 5.32 Å². The minimum Gasteiger partial charge on any atom is -0.325 e. The highest BCUT2D eigenvalue weighted by atomic mass is 32.2. The van der Waals surface area contributed by atoms with Crippen molar-refractivity contribution in [1.29, 1.82) is 0 Å². The molecule has 2 aromatic carbocycles. The first-order chi connectivity index (χ1) is 13.7. The van der Waals surface area contributed by atoms with Crippen LogP contribution in [0.5, 0.6) is 0 Å². The zero-order chi connectivity index (χ0) is 21.2. The molecule has 0 saturated carbocycles. The second-order valence-electron chi connectivity index (χ2n) is 7.12. The Kier molecular flexibility index (Phi) is 6.30. The van der Waals surface area contributed by atoms with E-state index in [0.717, 1.165) is 28.9 Å². The number of carbonyl (C=O) groups excluding carboxylic acids is 1. The Labute approximate surface area is 169 Å². The van der Waals surface area contributed by atoms with Crippen LogP contribution in [0.15, 0.2) is 41.3 Å². The van der Waals surface area contributed by atoms with Gasteiger partial charge in [-0.3, -0.25) is 9.69 Å². The first-order valence-corrected chi connectivity index (χ1v) is 10.7. The largest absolute Gasteiger partial charge is 0.325 e. The number of anilines is 1. The summed E-state index contributed by atoms with van der Waals surface area (Å²) in [6.45, 7) is 5.06. The molecule has 0 bridgehead atoms. The molecule has 1 N–H and O–H groups in total. The van der Waals surface area contributed by atoms with Crippen molar-refractivity contribution in [3.8, 4) is 0 Å². The van der Waals surface area contributed by atoms with Gasteiger partial charge in [0.15, 0.2) is 11.6 Å². The number of hydrogen-bond acceptors (Lipinski definition) is 4. The summed E-state index contributed by atoms with van der Waals surface area (Å²) in [6, 6.07) is 8.35. The number of nitrogens with one attached hydrogen (secondary N) is 1. The van der Waals surface area contributed by atoms with Crippen LogP contribution in [-0.4, -0.2) is 56.3 Å². The molecule has 2 aromatic rings. The van der Waals surface area contributed by atoms with E-state index in [0.29, 0.717) is 19.2 Å². The number of nitrogens with zero attached hydrogens (tertiary/aromatic N) is 2. The van der Waals surface area contributed by atoms with Crippen LogP contribution in [0.1, 0.15) is 11.1 Å². The molecule has 1 aliphatic rings. The summed E-state index contributed by atoms with van der Waals surface area (Å²) in [7, 11) is -3.91. The van der Waals surface area contributed by atoms with Crippen LogP contribution in [0, 0.1) is 25.5 Å². The van der Waals surface area contributed by atoms with Gasteiger partial charge < -0.3 is 5.32 Å². The van der Waals surface area contributed by atoms with Gasteiger partial charge in [0.1, 0.15) is 0 Å². The van der Waals surface area contributed by atoms with Crippen molar-refractivity contribution in [2.45, 2.75) is 18.7 Å². The van der Waals surface area contributed by atoms with E-state index in [9.17, 15) is 22.0 Å². The first-order valence-electron chi connectivity index (χ1n) is 9.21. The predicted octanol–water partition coefficient (Wildman–Crippen LogP) is 2.53. The van der Waals surface area contributed by atoms with E-state index < -0.39 is 21.7 Å². The summed E-state index contributed by atoms with van der Waals surface area (Å²) in [5, 5.41) is 2.89. The van der Waals surface area contributed by atoms with E-state index >= 15 is 0 Å². The lowest BCUT2D eigenvalue weighted by Gasteiger charge is -2.33. The molecule has 1 amide bonds. The molecule has 0 aliphatic carbocycles. The van der Waals surface area contributed by atoms with E-state index in [1.807, 2.05) is 36.9 Å². The average molecular weight is 423 g/mol. The number of sulfonamides is 1. The summed E-state index contributed by atoms with van der Waals surface area (Å²) < 4.78 is 53.0. The highest BCUT2D eigenvalue weighted by molar-refractivity contribution is 7.89. The number of rotatable bonds is 5. The molecule has 1 fully saturated rings. The zero-order valence-electron chi connectivity index (χ0n) is 16.3. The standard InChI is InChI=1S/C20H23F2N3O3S/c1-14-3-4-15(2)19(11-14)23-20(26)13-24-7-9-25(10-8-24)29(27,28)16-5-6-17(21)18(22)12-16/h3-6,11-12H,7-10,13H2,1-2H3,(H,23,26). The summed E-state index contributed by atoms with van der Waals surface area (Å²) in [5.41, 5.74) is 2.77. The summed E-state index contributed by atoms with van der Waals surface area (Å²) in [5.74, 6) is -2.47. The monoisotopic (exact) mass is 423 g/mol. The van der Waals surface area contributed by atoms with Gasteiger partial charge >= 0.3 is 0 Å². The fourth-order valence-electron chi connectivity index (χ4n) is 3.18. The highest BCUT2D eigenvalue weighted by Gasteiger charge is 2.29. The zero-order valence-corrected chi connectivity index (χ0v) is 17.1. The fraction of sp³-hybridized carbons (Fsp3) is 0.350. The van der Waals surface area contributed by atoms with Gasteiger partial charge in [0.05, 0.1) is 11.4 Å². The molecule has 6 nitrogen and oxygen atoms in total. The number of piperazine rings is 1. The maximum Gasteiger partial charge on any atom is 0.243 e. The molecule has 156 valence electrons. The molecular weight excluding hydrogens is 400 g/mol. The third-order valence-electron chi connectivity index (χ3n) is 4.89. The van der Waals surface area contributed by atoms with Crippen molar-refractivity contribution >= 4 is 21.6 Å². The minimum atomic E-state index is -3.91. The topological polar surface area (TPSA) is 69.7 Å². The molecule has 0 aromatic heterocycles. The van der Waals surface area contributed by atoms with Crippen LogP contribution < -0.4 is 5.32 Å². The number of benzene rings is 2. The second kappa shape index (κ2) is 8.56. The van der Waals surface area contributed by atoms with Crippen LogP contribution in [0.4, 0.5) is 14.5 Å². The fourth-order valence-corrected chi connectivity index (χ4v) is 4.61. The summed E-state index contributed by atoms with van der Waals surface area (Å²) >= 11 is 0. The summed E-state index contributed by atoms with van der Waals surface area (Å²) in [4.78, 5) is 13.9. The molecular formula is C20H23F2N3O3S. The van der Waals surface area contributed by atoms with Crippen LogP contribution in [-0.2, 0) is 14.8 Å². The van der Waals surface area contributed by atoms with Crippen molar-refractivity contribution in [1.82, 2.24) is 9.21 Å². The molecule has 1 aliphatic heterocycles. The molecule has 3 rings (SSSR count). The predicted molar refractivity (Wildman–Crippen MR) is 106 cm³/mol. The molecule has 0 unspecified atom stereocenters. The van der Waals surface area contributed by atoms with Crippen LogP contribution >= 0.6 is 0 Å². The summed E-state index contributed by atoms with van der Waals surface area (Å²) in [6.07, 6.45) is 0. The van der Waals surface area contributed by atoms with Gasteiger partial charge in [0.25, 0.3) is 0 Å². The number of carbonyl (C=O) groups is 1. The molecule has 0 radical (unpaired) electrons. The van der Waals surface area contributed by atoms with Gasteiger partial charge in [-0.05, 0) is 49.2 Å². The molecule has 1 heterocycles. The minimum absolute atomic E-state index is 0.145. The van der Waals surface area contributed by atoms with Gasteiger partial charge in [0, 0.05) is 31.9 Å². The lowest BCUT2D eigenvalue weighted by Crippen LogP contribution is -2.50. The van der Waals surface area contributed by atoms with Gasteiger partial charge in [-0.15, -0.1) is 0 Å². The average Bonchev–Trinajstić information content (AvgIpc) is 2.67.